The molecule has 1 unspecified atom stereocenters. The summed E-state index contributed by atoms with van der Waals surface area (Å²) in [5, 5.41) is 8.55. The molecule has 0 aromatic rings. The van der Waals surface area contributed by atoms with Crippen LogP contribution >= 0.6 is 0 Å². The molecular weight excluding hydrogens is 176 g/mol. The van der Waals surface area contributed by atoms with Crippen LogP contribution in [0.25, 0.3) is 0 Å². The lowest BCUT2D eigenvalue weighted by molar-refractivity contribution is -0.848. The van der Waals surface area contributed by atoms with Gasteiger partial charge in [0, 0.05) is 13.7 Å². The Labute approximate surface area is 80.1 Å². The third-order valence-electron chi connectivity index (χ3n) is 1.92. The molecule has 3 nitrogen and oxygen atoms in total. The molecule has 0 saturated heterocycles. The smallest absolute Gasteiger partial charge is 0.156 e. The second-order valence-corrected chi connectivity index (χ2v) is 3.07. The lowest BCUT2D eigenvalue weighted by Gasteiger charge is -2.11. The first kappa shape index (κ1) is 11.8. The van der Waals surface area contributed by atoms with Gasteiger partial charge < -0.3 is 22.4 Å². The molecule has 0 fully saturated rings. The van der Waals surface area contributed by atoms with Crippen molar-refractivity contribution in [3.8, 4) is 0 Å². The minimum Gasteiger partial charge on any atom is -1.00 e. The second-order valence-electron chi connectivity index (χ2n) is 3.07. The van der Waals surface area contributed by atoms with Crippen molar-refractivity contribution in [3.63, 3.8) is 0 Å². The fourth-order valence-corrected chi connectivity index (χ4v) is 1.28. The predicted octanol–water partition coefficient (Wildman–Crippen LogP) is -3.98. The molecule has 1 aliphatic heterocycles. The monoisotopic (exact) mass is 192 g/mol. The van der Waals surface area contributed by atoms with Gasteiger partial charge in [0.15, 0.2) is 6.67 Å². The first-order chi connectivity index (χ1) is 5.33. The molecular formula is C8H17ClN2O. The van der Waals surface area contributed by atoms with Gasteiger partial charge in [0.05, 0.1) is 12.7 Å². The molecule has 0 amide bonds. The van der Waals surface area contributed by atoms with Crippen LogP contribution in [0.5, 0.6) is 0 Å². The van der Waals surface area contributed by atoms with Crippen molar-refractivity contribution >= 4 is 0 Å². The van der Waals surface area contributed by atoms with Gasteiger partial charge in [-0.3, -0.25) is 4.90 Å². The van der Waals surface area contributed by atoms with Gasteiger partial charge in [-0.05, 0) is 12.8 Å². The zero-order valence-corrected chi connectivity index (χ0v) is 8.22. The number of hydrogen-bond acceptors (Lipinski definition) is 2. The van der Waals surface area contributed by atoms with Crippen LogP contribution in [0.3, 0.4) is 0 Å². The molecule has 0 aliphatic carbocycles. The van der Waals surface area contributed by atoms with Crippen LogP contribution in [0.15, 0.2) is 12.4 Å². The Hall–Kier alpha value is -0.250. The third-order valence-corrected chi connectivity index (χ3v) is 1.92. The van der Waals surface area contributed by atoms with E-state index in [1.165, 1.54) is 4.90 Å². The molecule has 0 radical (unpaired) electrons. The topological polar surface area (TPSA) is 27.9 Å². The van der Waals surface area contributed by atoms with Gasteiger partial charge in [0.1, 0.15) is 6.20 Å². The lowest BCUT2D eigenvalue weighted by atomic mass is 10.3. The number of rotatable bonds is 4. The summed E-state index contributed by atoms with van der Waals surface area (Å²) < 4.78 is 0. The van der Waals surface area contributed by atoms with Crippen LogP contribution in [0, 0.1) is 0 Å². The SMILES string of the molecule is CN1C=C[NH+](CCCCO)C1.[Cl-]. The maximum absolute atomic E-state index is 8.55. The van der Waals surface area contributed by atoms with Gasteiger partial charge in [-0.25, -0.2) is 0 Å². The minimum atomic E-state index is 0. The average Bonchev–Trinajstić information content (AvgIpc) is 2.37. The predicted molar refractivity (Wildman–Crippen MR) is 43.9 cm³/mol. The normalized spacial score (nSPS) is 21.2. The highest BCUT2D eigenvalue weighted by atomic mass is 35.5. The maximum atomic E-state index is 8.55. The van der Waals surface area contributed by atoms with E-state index in [-0.39, 0.29) is 12.4 Å². The Balaban J connectivity index is 0.00000121. The van der Waals surface area contributed by atoms with E-state index in [4.69, 9.17) is 5.11 Å². The summed E-state index contributed by atoms with van der Waals surface area (Å²) in [7, 11) is 2.08. The Kier molecular flexibility index (Phi) is 6.16. The van der Waals surface area contributed by atoms with Crippen LogP contribution < -0.4 is 17.3 Å². The largest absolute Gasteiger partial charge is 1.00 e. The summed E-state index contributed by atoms with van der Waals surface area (Å²) in [6.07, 6.45) is 6.33. The lowest BCUT2D eigenvalue weighted by Crippen LogP contribution is -3.07. The van der Waals surface area contributed by atoms with Gasteiger partial charge in [-0.15, -0.1) is 0 Å². The van der Waals surface area contributed by atoms with Gasteiger partial charge >= 0.3 is 0 Å². The van der Waals surface area contributed by atoms with Crippen LogP contribution in [0.1, 0.15) is 12.8 Å². The first-order valence-corrected chi connectivity index (χ1v) is 4.17. The zero-order chi connectivity index (χ0) is 8.10. The van der Waals surface area contributed by atoms with Gasteiger partial charge in [0.2, 0.25) is 0 Å². The molecule has 0 aromatic heterocycles. The first-order valence-electron chi connectivity index (χ1n) is 4.17. The number of halogens is 1. The van der Waals surface area contributed by atoms with Crippen molar-refractivity contribution in [1.29, 1.82) is 0 Å². The number of nitrogens with one attached hydrogen (secondary N) is 1. The summed E-state index contributed by atoms with van der Waals surface area (Å²) >= 11 is 0. The van der Waals surface area contributed by atoms with E-state index < -0.39 is 0 Å². The van der Waals surface area contributed by atoms with E-state index in [1.54, 1.807) is 0 Å². The fourth-order valence-electron chi connectivity index (χ4n) is 1.28. The number of nitrogens with zero attached hydrogens (tertiary/aromatic N) is 1. The van der Waals surface area contributed by atoms with E-state index in [2.05, 4.69) is 24.3 Å². The van der Waals surface area contributed by atoms with Crippen molar-refractivity contribution < 1.29 is 22.4 Å². The summed E-state index contributed by atoms with van der Waals surface area (Å²) in [4.78, 5) is 3.66. The number of unbranched alkanes of at least 4 members (excludes halogenated alkanes) is 1. The zero-order valence-electron chi connectivity index (χ0n) is 7.46. The van der Waals surface area contributed by atoms with Crippen molar-refractivity contribution in [2.24, 2.45) is 0 Å². The van der Waals surface area contributed by atoms with E-state index >= 15 is 0 Å². The van der Waals surface area contributed by atoms with Crippen LogP contribution in [0.2, 0.25) is 0 Å². The van der Waals surface area contributed by atoms with Crippen molar-refractivity contribution in [1.82, 2.24) is 4.90 Å². The molecule has 1 aliphatic rings. The molecule has 12 heavy (non-hydrogen) atoms. The Morgan fingerprint density at radius 3 is 2.75 bits per heavy atom. The average molecular weight is 193 g/mol. The van der Waals surface area contributed by atoms with Gasteiger partial charge in [-0.1, -0.05) is 0 Å². The number of hydrogen-bond donors (Lipinski definition) is 2. The molecule has 4 heteroatoms. The highest BCUT2D eigenvalue weighted by Gasteiger charge is 2.11. The molecule has 0 saturated carbocycles. The summed E-state index contributed by atoms with van der Waals surface area (Å²) in [6.45, 7) is 2.54. The van der Waals surface area contributed by atoms with E-state index in [9.17, 15) is 0 Å². The molecule has 0 bridgehead atoms. The quantitative estimate of drug-likeness (QED) is 0.445. The van der Waals surface area contributed by atoms with Crippen molar-refractivity contribution in [2.75, 3.05) is 26.9 Å². The van der Waals surface area contributed by atoms with E-state index in [0.29, 0.717) is 6.61 Å². The molecule has 1 heterocycles. The van der Waals surface area contributed by atoms with Gasteiger partial charge in [-0.2, -0.15) is 0 Å². The molecule has 0 aromatic carbocycles. The third kappa shape index (κ3) is 3.95. The molecule has 1 rings (SSSR count). The van der Waals surface area contributed by atoms with Crippen LogP contribution in [-0.2, 0) is 0 Å². The highest BCUT2D eigenvalue weighted by molar-refractivity contribution is 4.74. The summed E-state index contributed by atoms with van der Waals surface area (Å²) in [5.74, 6) is 0. The fraction of sp³-hybridized carbons (Fsp3) is 0.750. The molecule has 2 N–H and O–H groups in total. The number of quaternary nitrogens is 1. The molecule has 1 atom stereocenters. The van der Waals surface area contributed by atoms with Gasteiger partial charge in [0.25, 0.3) is 0 Å². The van der Waals surface area contributed by atoms with Crippen molar-refractivity contribution in [3.05, 3.63) is 12.4 Å². The maximum Gasteiger partial charge on any atom is 0.156 e. The highest BCUT2D eigenvalue weighted by Crippen LogP contribution is 1.86. The standard InChI is InChI=1S/C8H16N2O.ClH/c1-9-5-6-10(8-9)4-2-3-7-11;/h5-6,11H,2-4,7-8H2,1H3;1H. The Bertz CT molecular complexity index is 141. The minimum absolute atomic E-state index is 0. The Morgan fingerprint density at radius 2 is 2.25 bits per heavy atom. The van der Waals surface area contributed by atoms with Crippen LogP contribution in [0.4, 0.5) is 0 Å². The molecule has 72 valence electrons. The summed E-state index contributed by atoms with van der Waals surface area (Å²) in [6, 6.07) is 0. The second kappa shape index (κ2) is 6.29. The van der Waals surface area contributed by atoms with Crippen LogP contribution in [-0.4, -0.2) is 36.9 Å². The Morgan fingerprint density at radius 1 is 1.50 bits per heavy atom. The van der Waals surface area contributed by atoms with E-state index in [0.717, 1.165) is 26.1 Å². The van der Waals surface area contributed by atoms with E-state index in [1.807, 2.05) is 0 Å². The number of aliphatic hydroxyl groups excluding tert-OH is 1. The van der Waals surface area contributed by atoms with Crippen molar-refractivity contribution in [2.45, 2.75) is 12.8 Å². The number of aliphatic hydroxyl groups is 1. The summed E-state index contributed by atoms with van der Waals surface area (Å²) in [5.41, 5.74) is 0. The molecule has 0 spiro atoms.